The van der Waals surface area contributed by atoms with Gasteiger partial charge in [0.05, 0.1) is 6.04 Å². The minimum atomic E-state index is -0.559. The minimum Gasteiger partial charge on any atom is -0.454 e. The molecule has 2 atom stereocenters. The third kappa shape index (κ3) is 1.94. The van der Waals surface area contributed by atoms with Gasteiger partial charge in [0.25, 0.3) is 0 Å². The van der Waals surface area contributed by atoms with Crippen LogP contribution in [0, 0.1) is 0 Å². The van der Waals surface area contributed by atoms with Gasteiger partial charge in [-0.25, -0.2) is 0 Å². The Morgan fingerprint density at radius 1 is 1.09 bits per heavy atom. The summed E-state index contributed by atoms with van der Waals surface area (Å²) in [4.78, 5) is 13.9. The van der Waals surface area contributed by atoms with E-state index in [2.05, 4.69) is 0 Å². The van der Waals surface area contributed by atoms with Crippen LogP contribution in [0.15, 0.2) is 42.5 Å². The van der Waals surface area contributed by atoms with Gasteiger partial charge in [-0.3, -0.25) is 4.79 Å². The average Bonchev–Trinajstić information content (AvgIpc) is 3.00. The Kier molecular flexibility index (Phi) is 2.99. The first-order valence-corrected chi connectivity index (χ1v) is 7.27. The van der Waals surface area contributed by atoms with Gasteiger partial charge in [-0.15, -0.1) is 0 Å². The number of nitrogens with two attached hydrogens (primary N) is 1. The summed E-state index contributed by atoms with van der Waals surface area (Å²) in [6.45, 7) is 0.218. The number of hydrogen-bond acceptors (Lipinski definition) is 4. The molecule has 5 nitrogen and oxygen atoms in total. The van der Waals surface area contributed by atoms with Gasteiger partial charge in [-0.2, -0.15) is 0 Å². The fourth-order valence-electron chi connectivity index (χ4n) is 2.85. The molecule has 1 saturated heterocycles. The number of ether oxygens (including phenoxy) is 2. The number of halogens is 1. The number of benzene rings is 2. The molecular weight excluding hydrogens is 304 g/mol. The Labute approximate surface area is 132 Å². The summed E-state index contributed by atoms with van der Waals surface area (Å²) < 4.78 is 10.7. The lowest BCUT2D eigenvalue weighted by atomic mass is 9.88. The van der Waals surface area contributed by atoms with Crippen LogP contribution in [-0.4, -0.2) is 18.7 Å². The second kappa shape index (κ2) is 4.90. The van der Waals surface area contributed by atoms with Gasteiger partial charge < -0.3 is 20.1 Å². The third-order valence-electron chi connectivity index (χ3n) is 3.98. The molecule has 2 aromatic carbocycles. The van der Waals surface area contributed by atoms with Crippen LogP contribution in [0.5, 0.6) is 11.5 Å². The molecule has 1 amide bonds. The zero-order chi connectivity index (χ0) is 15.3. The number of nitrogens with zero attached hydrogens (tertiary/aromatic N) is 1. The number of anilines is 1. The Balaban J connectivity index is 1.70. The van der Waals surface area contributed by atoms with Gasteiger partial charge in [0.15, 0.2) is 11.5 Å². The van der Waals surface area contributed by atoms with Crippen molar-refractivity contribution >= 4 is 23.2 Å². The number of fused-ring (bicyclic) bond motifs is 1. The fraction of sp³-hybridized carbons (Fsp3) is 0.188. The van der Waals surface area contributed by atoms with Crippen LogP contribution in [0.4, 0.5) is 5.69 Å². The highest BCUT2D eigenvalue weighted by Gasteiger charge is 2.46. The van der Waals surface area contributed by atoms with E-state index in [0.717, 1.165) is 11.3 Å². The highest BCUT2D eigenvalue weighted by atomic mass is 35.5. The van der Waals surface area contributed by atoms with Gasteiger partial charge in [0.2, 0.25) is 12.7 Å². The van der Waals surface area contributed by atoms with Gasteiger partial charge in [0.1, 0.15) is 6.04 Å². The first-order chi connectivity index (χ1) is 10.6. The molecule has 1 fully saturated rings. The van der Waals surface area contributed by atoms with E-state index in [4.69, 9.17) is 26.8 Å². The Bertz CT molecular complexity index is 748. The third-order valence-corrected chi connectivity index (χ3v) is 4.24. The van der Waals surface area contributed by atoms with Gasteiger partial charge in [-0.1, -0.05) is 17.7 Å². The molecule has 2 unspecified atom stereocenters. The van der Waals surface area contributed by atoms with E-state index in [9.17, 15) is 4.79 Å². The SMILES string of the molecule is NC1C(=O)N(c2ccc(Cl)cc2)C1c1ccc2c(c1)OCO2. The van der Waals surface area contributed by atoms with E-state index >= 15 is 0 Å². The zero-order valence-electron chi connectivity index (χ0n) is 11.5. The van der Waals surface area contributed by atoms with Crippen molar-refractivity contribution in [3.8, 4) is 11.5 Å². The molecule has 2 aliphatic heterocycles. The molecule has 0 aliphatic carbocycles. The molecule has 0 radical (unpaired) electrons. The molecule has 2 aliphatic rings. The maximum absolute atomic E-state index is 12.2. The lowest BCUT2D eigenvalue weighted by Crippen LogP contribution is -2.63. The normalized spacial score (nSPS) is 22.6. The zero-order valence-corrected chi connectivity index (χ0v) is 12.3. The van der Waals surface area contributed by atoms with Crippen molar-refractivity contribution in [1.29, 1.82) is 0 Å². The lowest BCUT2D eigenvalue weighted by molar-refractivity contribution is -0.126. The average molecular weight is 317 g/mol. The standard InChI is InChI=1S/C16H13ClN2O3/c17-10-2-4-11(5-3-10)19-15(14(18)16(19)20)9-1-6-12-13(7-9)22-8-21-12/h1-7,14-15H,8,18H2. The number of amides is 1. The Hall–Kier alpha value is -2.24. The van der Waals surface area contributed by atoms with Crippen LogP contribution in [0.2, 0.25) is 5.02 Å². The number of β-lactam (4-membered cyclic amide) rings is 1. The van der Waals surface area contributed by atoms with E-state index in [0.29, 0.717) is 16.5 Å². The predicted molar refractivity (Wildman–Crippen MR) is 82.2 cm³/mol. The summed E-state index contributed by atoms with van der Waals surface area (Å²) in [5.74, 6) is 1.28. The number of hydrogen-bond donors (Lipinski definition) is 1. The minimum absolute atomic E-state index is 0.106. The van der Waals surface area contributed by atoms with E-state index in [1.165, 1.54) is 0 Å². The number of carbonyl (C=O) groups is 1. The van der Waals surface area contributed by atoms with Crippen molar-refractivity contribution < 1.29 is 14.3 Å². The maximum atomic E-state index is 12.2. The highest BCUT2D eigenvalue weighted by molar-refractivity contribution is 6.30. The fourth-order valence-corrected chi connectivity index (χ4v) is 2.98. The molecule has 2 N–H and O–H groups in total. The summed E-state index contributed by atoms with van der Waals surface area (Å²) in [6.07, 6.45) is 0. The highest BCUT2D eigenvalue weighted by Crippen LogP contribution is 2.42. The Morgan fingerprint density at radius 3 is 2.59 bits per heavy atom. The van der Waals surface area contributed by atoms with Crippen LogP contribution in [0.3, 0.4) is 0 Å². The molecule has 2 heterocycles. The number of carbonyl (C=O) groups excluding carboxylic acids is 1. The van der Waals surface area contributed by atoms with Gasteiger partial charge in [0, 0.05) is 10.7 Å². The van der Waals surface area contributed by atoms with E-state index in [1.807, 2.05) is 30.3 Å². The Morgan fingerprint density at radius 2 is 1.82 bits per heavy atom. The predicted octanol–water partition coefficient (Wildman–Crippen LogP) is 2.48. The smallest absolute Gasteiger partial charge is 0.247 e. The quantitative estimate of drug-likeness (QED) is 0.865. The van der Waals surface area contributed by atoms with Crippen molar-refractivity contribution in [3.63, 3.8) is 0 Å². The lowest BCUT2D eigenvalue weighted by Gasteiger charge is -2.45. The number of rotatable bonds is 2. The molecule has 0 bridgehead atoms. The molecule has 22 heavy (non-hydrogen) atoms. The van der Waals surface area contributed by atoms with Crippen molar-refractivity contribution in [2.75, 3.05) is 11.7 Å². The first kappa shape index (κ1) is 13.4. The molecule has 4 rings (SSSR count). The second-order valence-corrected chi connectivity index (χ2v) is 5.70. The second-order valence-electron chi connectivity index (χ2n) is 5.27. The molecule has 0 aromatic heterocycles. The maximum Gasteiger partial charge on any atom is 0.247 e. The molecule has 0 saturated carbocycles. The van der Waals surface area contributed by atoms with Gasteiger partial charge in [-0.05, 0) is 42.0 Å². The van der Waals surface area contributed by atoms with Crippen molar-refractivity contribution in [2.45, 2.75) is 12.1 Å². The van der Waals surface area contributed by atoms with Crippen LogP contribution in [0.25, 0.3) is 0 Å². The largest absolute Gasteiger partial charge is 0.454 e. The van der Waals surface area contributed by atoms with E-state index in [1.54, 1.807) is 17.0 Å². The van der Waals surface area contributed by atoms with Crippen LogP contribution in [0.1, 0.15) is 11.6 Å². The topological polar surface area (TPSA) is 64.8 Å². The molecule has 0 spiro atoms. The molecule has 112 valence electrons. The van der Waals surface area contributed by atoms with Crippen LogP contribution >= 0.6 is 11.6 Å². The first-order valence-electron chi connectivity index (χ1n) is 6.89. The summed E-state index contributed by atoms with van der Waals surface area (Å²) in [6, 6.07) is 12.0. The van der Waals surface area contributed by atoms with Gasteiger partial charge >= 0.3 is 0 Å². The van der Waals surface area contributed by atoms with E-state index < -0.39 is 6.04 Å². The summed E-state index contributed by atoms with van der Waals surface area (Å²) in [7, 11) is 0. The summed E-state index contributed by atoms with van der Waals surface area (Å²) >= 11 is 5.90. The monoisotopic (exact) mass is 316 g/mol. The van der Waals surface area contributed by atoms with Crippen molar-refractivity contribution in [2.24, 2.45) is 5.73 Å². The summed E-state index contributed by atoms with van der Waals surface area (Å²) in [5.41, 5.74) is 7.71. The molecule has 6 heteroatoms. The van der Waals surface area contributed by atoms with Crippen molar-refractivity contribution in [1.82, 2.24) is 0 Å². The van der Waals surface area contributed by atoms with Crippen LogP contribution < -0.4 is 20.1 Å². The molecule has 2 aromatic rings. The van der Waals surface area contributed by atoms with Crippen molar-refractivity contribution in [3.05, 3.63) is 53.1 Å². The van der Waals surface area contributed by atoms with Crippen LogP contribution in [-0.2, 0) is 4.79 Å². The summed E-state index contributed by atoms with van der Waals surface area (Å²) in [5, 5.41) is 0.626. The van der Waals surface area contributed by atoms with E-state index in [-0.39, 0.29) is 18.7 Å². The molecular formula is C16H13ClN2O3.